The van der Waals surface area contributed by atoms with Gasteiger partial charge in [-0.1, -0.05) is 20.8 Å². The van der Waals surface area contributed by atoms with Gasteiger partial charge in [0.25, 0.3) is 0 Å². The fourth-order valence-corrected chi connectivity index (χ4v) is 2.11. The summed E-state index contributed by atoms with van der Waals surface area (Å²) in [7, 11) is 0. The summed E-state index contributed by atoms with van der Waals surface area (Å²) in [5.41, 5.74) is -0.535. The van der Waals surface area contributed by atoms with E-state index >= 15 is 0 Å². The van der Waals surface area contributed by atoms with Gasteiger partial charge in [0, 0.05) is 19.1 Å². The molecule has 0 aliphatic heterocycles. The van der Waals surface area contributed by atoms with Crippen LogP contribution >= 0.6 is 0 Å². The molecule has 5 nitrogen and oxygen atoms in total. The summed E-state index contributed by atoms with van der Waals surface area (Å²) >= 11 is 0. The molecule has 0 aliphatic rings. The highest BCUT2D eigenvalue weighted by molar-refractivity contribution is 5.83. The van der Waals surface area contributed by atoms with Crippen LogP contribution in [-0.2, 0) is 14.3 Å². The minimum Gasteiger partial charge on any atom is -0.460 e. The van der Waals surface area contributed by atoms with Crippen LogP contribution in [0, 0.1) is 17.8 Å². The molecule has 0 radical (unpaired) electrons. The zero-order valence-electron chi connectivity index (χ0n) is 14.9. The first kappa shape index (κ1) is 20.9. The third-order valence-electron chi connectivity index (χ3n) is 3.21. The van der Waals surface area contributed by atoms with Crippen molar-refractivity contribution in [3.63, 3.8) is 0 Å². The first-order valence-electron chi connectivity index (χ1n) is 8.15. The molecule has 0 aliphatic carbocycles. The molecule has 22 heavy (non-hydrogen) atoms. The second-order valence-corrected chi connectivity index (χ2v) is 7.48. The quantitative estimate of drug-likeness (QED) is 0.641. The zero-order chi connectivity index (χ0) is 17.3. The minimum absolute atomic E-state index is 0.107. The van der Waals surface area contributed by atoms with Crippen LogP contribution in [0.4, 0.5) is 0 Å². The lowest BCUT2D eigenvalue weighted by atomic mass is 9.93. The molecule has 2 atom stereocenters. The Morgan fingerprint density at radius 2 is 1.77 bits per heavy atom. The van der Waals surface area contributed by atoms with Crippen molar-refractivity contribution in [2.24, 2.45) is 17.8 Å². The normalized spacial score (nSPS) is 14.5. The van der Waals surface area contributed by atoms with E-state index in [0.29, 0.717) is 18.9 Å². The maximum atomic E-state index is 12.3. The fourth-order valence-electron chi connectivity index (χ4n) is 2.11. The van der Waals surface area contributed by atoms with Crippen LogP contribution in [0.1, 0.15) is 60.8 Å². The lowest BCUT2D eigenvalue weighted by Crippen LogP contribution is -2.35. The highest BCUT2D eigenvalue weighted by Gasteiger charge is 2.26. The molecule has 5 heteroatoms. The number of esters is 1. The summed E-state index contributed by atoms with van der Waals surface area (Å²) in [5, 5.41) is 11.8. The highest BCUT2D eigenvalue weighted by atomic mass is 16.6. The first-order chi connectivity index (χ1) is 10.0. The maximum absolute atomic E-state index is 12.3. The van der Waals surface area contributed by atoms with Gasteiger partial charge < -0.3 is 15.2 Å². The van der Waals surface area contributed by atoms with Crippen molar-refractivity contribution in [3.05, 3.63) is 0 Å². The van der Waals surface area contributed by atoms with Crippen LogP contribution in [0.15, 0.2) is 0 Å². The van der Waals surface area contributed by atoms with Gasteiger partial charge in [-0.15, -0.1) is 0 Å². The number of ether oxygens (including phenoxy) is 1. The van der Waals surface area contributed by atoms with Gasteiger partial charge in [-0.3, -0.25) is 9.59 Å². The Labute approximate surface area is 134 Å². The Bertz CT molecular complexity index is 347. The second kappa shape index (κ2) is 9.82. The average Bonchev–Trinajstić information content (AvgIpc) is 2.34. The predicted octanol–water partition coefficient (Wildman–Crippen LogP) is 2.52. The molecule has 0 heterocycles. The van der Waals surface area contributed by atoms with E-state index in [0.717, 1.165) is 6.42 Å². The summed E-state index contributed by atoms with van der Waals surface area (Å²) in [6.45, 7) is 12.1. The number of aliphatic hydroxyl groups excluding tert-OH is 1. The topological polar surface area (TPSA) is 75.6 Å². The Morgan fingerprint density at radius 1 is 1.18 bits per heavy atom. The van der Waals surface area contributed by atoms with Gasteiger partial charge in [-0.05, 0) is 45.4 Å². The number of rotatable bonds is 9. The average molecular weight is 315 g/mol. The van der Waals surface area contributed by atoms with Crippen molar-refractivity contribution in [3.8, 4) is 0 Å². The van der Waals surface area contributed by atoms with Gasteiger partial charge >= 0.3 is 5.97 Å². The van der Waals surface area contributed by atoms with Gasteiger partial charge in [-0.2, -0.15) is 0 Å². The van der Waals surface area contributed by atoms with E-state index < -0.39 is 5.60 Å². The second-order valence-electron chi connectivity index (χ2n) is 7.48. The van der Waals surface area contributed by atoms with E-state index in [1.54, 1.807) is 0 Å². The molecule has 0 aromatic rings. The van der Waals surface area contributed by atoms with E-state index in [1.807, 2.05) is 41.5 Å². The molecule has 0 rings (SSSR count). The molecule has 0 fully saturated rings. The van der Waals surface area contributed by atoms with Crippen LogP contribution in [0.3, 0.4) is 0 Å². The van der Waals surface area contributed by atoms with E-state index in [1.165, 1.54) is 0 Å². The lowest BCUT2D eigenvalue weighted by Gasteiger charge is -2.23. The van der Waals surface area contributed by atoms with Gasteiger partial charge in [0.05, 0.1) is 6.42 Å². The maximum Gasteiger partial charge on any atom is 0.307 e. The molecule has 0 aromatic carbocycles. The van der Waals surface area contributed by atoms with E-state index in [2.05, 4.69) is 5.32 Å². The van der Waals surface area contributed by atoms with E-state index in [-0.39, 0.29) is 36.7 Å². The van der Waals surface area contributed by atoms with E-state index in [4.69, 9.17) is 9.84 Å². The van der Waals surface area contributed by atoms with Crippen LogP contribution in [0.25, 0.3) is 0 Å². The smallest absolute Gasteiger partial charge is 0.307 e. The van der Waals surface area contributed by atoms with Crippen molar-refractivity contribution >= 4 is 11.9 Å². The summed E-state index contributed by atoms with van der Waals surface area (Å²) in [5.74, 6) is -0.315. The minimum atomic E-state index is -0.535. The van der Waals surface area contributed by atoms with Crippen molar-refractivity contribution in [1.29, 1.82) is 0 Å². The molecular weight excluding hydrogens is 282 g/mol. The van der Waals surface area contributed by atoms with Crippen molar-refractivity contribution in [2.45, 2.75) is 66.4 Å². The standard InChI is InChI=1S/C17H33NO4/c1-12(2)9-14(10-15(20)22-17(4,5)6)16(21)18-8-7-13(3)11-19/h12-14,19H,7-11H2,1-6H3,(H,18,21)/t13-,14-/m1/s1. The summed E-state index contributed by atoms with van der Waals surface area (Å²) in [6.07, 6.45) is 1.49. The molecule has 0 aromatic heterocycles. The number of nitrogens with one attached hydrogen (secondary N) is 1. The van der Waals surface area contributed by atoms with Crippen molar-refractivity contribution in [1.82, 2.24) is 5.32 Å². The number of hydrogen-bond acceptors (Lipinski definition) is 4. The number of amides is 1. The molecule has 0 unspecified atom stereocenters. The lowest BCUT2D eigenvalue weighted by molar-refractivity contribution is -0.157. The number of carbonyl (C=O) groups is 2. The highest BCUT2D eigenvalue weighted by Crippen LogP contribution is 2.19. The van der Waals surface area contributed by atoms with Crippen molar-refractivity contribution < 1.29 is 19.4 Å². The van der Waals surface area contributed by atoms with Gasteiger partial charge in [0.15, 0.2) is 0 Å². The third kappa shape index (κ3) is 10.6. The first-order valence-corrected chi connectivity index (χ1v) is 8.15. The van der Waals surface area contributed by atoms with Gasteiger partial charge in [0.2, 0.25) is 5.91 Å². The van der Waals surface area contributed by atoms with Crippen LogP contribution < -0.4 is 5.32 Å². The number of hydrogen-bond donors (Lipinski definition) is 2. The van der Waals surface area contributed by atoms with Crippen LogP contribution in [-0.4, -0.2) is 35.7 Å². The number of carbonyl (C=O) groups excluding carboxylic acids is 2. The SMILES string of the molecule is CC(C)C[C@H](CC(=O)OC(C)(C)C)C(=O)NCC[C@@H](C)CO. The van der Waals surface area contributed by atoms with E-state index in [9.17, 15) is 9.59 Å². The molecular formula is C17H33NO4. The van der Waals surface area contributed by atoms with Crippen LogP contribution in [0.2, 0.25) is 0 Å². The molecule has 2 N–H and O–H groups in total. The monoisotopic (exact) mass is 315 g/mol. The Hall–Kier alpha value is -1.10. The summed E-state index contributed by atoms with van der Waals surface area (Å²) < 4.78 is 5.31. The predicted molar refractivity (Wildman–Crippen MR) is 87.3 cm³/mol. The summed E-state index contributed by atoms with van der Waals surface area (Å²) in [4.78, 5) is 24.2. The molecule has 0 saturated heterocycles. The molecule has 0 spiro atoms. The molecule has 130 valence electrons. The molecule has 0 saturated carbocycles. The summed E-state index contributed by atoms with van der Waals surface area (Å²) in [6, 6.07) is 0. The molecule has 1 amide bonds. The molecule has 0 bridgehead atoms. The number of aliphatic hydroxyl groups is 1. The Kier molecular flexibility index (Phi) is 9.33. The fraction of sp³-hybridized carbons (Fsp3) is 0.882. The largest absolute Gasteiger partial charge is 0.460 e. The Morgan fingerprint density at radius 3 is 2.23 bits per heavy atom. The van der Waals surface area contributed by atoms with Gasteiger partial charge in [-0.25, -0.2) is 0 Å². The third-order valence-corrected chi connectivity index (χ3v) is 3.21. The van der Waals surface area contributed by atoms with Crippen molar-refractivity contribution in [2.75, 3.05) is 13.2 Å². The van der Waals surface area contributed by atoms with Gasteiger partial charge in [0.1, 0.15) is 5.60 Å². The Balaban J connectivity index is 4.49. The van der Waals surface area contributed by atoms with Crippen LogP contribution in [0.5, 0.6) is 0 Å². The zero-order valence-corrected chi connectivity index (χ0v) is 14.9.